The molecule has 3 heterocycles. The molecule has 2 unspecified atom stereocenters. The molecular formula is C64H104N10O18S2. The molecule has 94 heavy (non-hydrogen) atoms. The van der Waals surface area contributed by atoms with Crippen molar-refractivity contribution in [1.82, 2.24) is 45.7 Å². The van der Waals surface area contributed by atoms with Gasteiger partial charge in [-0.1, -0.05) is 6.07 Å². The van der Waals surface area contributed by atoms with Crippen molar-refractivity contribution in [2.45, 2.75) is 207 Å². The number of ether oxygens (including phenoxy) is 5. The molecule has 2 aliphatic heterocycles. The van der Waals surface area contributed by atoms with Gasteiger partial charge in [0.25, 0.3) is 10.1 Å². The van der Waals surface area contributed by atoms with Crippen LogP contribution < -0.4 is 36.0 Å². The number of pyridine rings is 1. The summed E-state index contributed by atoms with van der Waals surface area (Å²) in [6.07, 6.45) is 3.68. The van der Waals surface area contributed by atoms with Crippen LogP contribution in [0.15, 0.2) is 29.2 Å². The van der Waals surface area contributed by atoms with E-state index in [9.17, 15) is 59.7 Å². The second kappa shape index (κ2) is 36.0. The second-order valence-corrected chi connectivity index (χ2v) is 30.9. The highest BCUT2D eigenvalue weighted by molar-refractivity contribution is 7.89. The Labute approximate surface area is 555 Å². The van der Waals surface area contributed by atoms with Gasteiger partial charge in [-0.25, -0.2) is 13.4 Å². The van der Waals surface area contributed by atoms with Gasteiger partial charge in [0.05, 0.1) is 24.6 Å². The summed E-state index contributed by atoms with van der Waals surface area (Å²) in [5.74, 6) is -5.12. The summed E-state index contributed by atoms with van der Waals surface area (Å²) in [6.45, 7) is 25.3. The zero-order valence-corrected chi connectivity index (χ0v) is 59.1. The zero-order valence-electron chi connectivity index (χ0n) is 57.5. The summed E-state index contributed by atoms with van der Waals surface area (Å²) in [5, 5.41) is 13.5. The van der Waals surface area contributed by atoms with Crippen LogP contribution in [0.25, 0.3) is 0 Å². The van der Waals surface area contributed by atoms with Crippen molar-refractivity contribution in [2.24, 2.45) is 0 Å². The quantitative estimate of drug-likeness (QED) is 0.0239. The number of nitrogens with zero attached hydrogens (tertiary/aromatic N) is 4. The molecule has 4 amide bonds. The number of benzene rings is 1. The largest absolute Gasteiger partial charge is 0.494 e. The van der Waals surface area contributed by atoms with Crippen LogP contribution in [0.4, 0.5) is 5.82 Å². The third-order valence-corrected chi connectivity index (χ3v) is 16.8. The van der Waals surface area contributed by atoms with E-state index in [1.165, 1.54) is 17.7 Å². The minimum atomic E-state index is -4.85. The van der Waals surface area contributed by atoms with Gasteiger partial charge in [0.15, 0.2) is 0 Å². The first-order valence-corrected chi connectivity index (χ1v) is 35.3. The molecule has 7 N–H and O–H groups in total. The summed E-state index contributed by atoms with van der Waals surface area (Å²) < 4.78 is 92.9. The molecule has 2 aromatic rings. The summed E-state index contributed by atoms with van der Waals surface area (Å²) in [6, 6.07) is 2.74. The summed E-state index contributed by atoms with van der Waals surface area (Å²) >= 11 is 0. The van der Waals surface area contributed by atoms with Crippen LogP contribution in [-0.4, -0.2) is 220 Å². The number of sulfonamides is 1. The van der Waals surface area contributed by atoms with Crippen LogP contribution in [0.5, 0.6) is 5.75 Å². The maximum Gasteiger partial charge on any atom is 0.326 e. The second-order valence-electron chi connectivity index (χ2n) is 27.8. The molecule has 0 saturated carbocycles. The normalized spacial score (nSPS) is 15.8. The van der Waals surface area contributed by atoms with E-state index < -0.39 is 114 Å². The van der Waals surface area contributed by atoms with Gasteiger partial charge in [-0.05, 0) is 177 Å². The first kappa shape index (κ1) is 79.9. The Morgan fingerprint density at radius 3 is 1.73 bits per heavy atom. The fraction of sp³-hybridized carbons (Fsp3) is 0.703. The van der Waals surface area contributed by atoms with Gasteiger partial charge < -0.3 is 50.3 Å². The standard InChI is InChI=1S/C64H104N10O18S2/c1-43-37-47(38-44(2)56(43)94(86,87)71-48(59(81)91-63(9,10)11)39-68-52(76)21-16-15-20-46-24-23-45-19-17-27-66-57(45)69-46)88-36-18-22-51(75)65-28-29-67-58(80)49(42-93(83,84)85)70-53(77)26-25-50(60(82)92-64(12,13)14)74-34-32-72(40-54(78)89-61(3,4)5)30-31-73(33-35-74)41-55(79)90-62(6,7)8/h23-24,37-38,48-50,71H,15-22,25-36,39-42H2,1-14H3,(H,65,75)(H,66,69)(H,67,80)(H,68,76)(H,70,77)(H,83,84,85)/t48-,49?,50?/m1/s1. The first-order valence-electron chi connectivity index (χ1n) is 32.2. The third kappa shape index (κ3) is 31.3. The van der Waals surface area contributed by atoms with Crippen molar-refractivity contribution in [3.63, 3.8) is 0 Å². The smallest absolute Gasteiger partial charge is 0.326 e. The van der Waals surface area contributed by atoms with Crippen LogP contribution in [-0.2, 0) is 90.3 Å². The lowest BCUT2D eigenvalue weighted by Crippen LogP contribution is -2.52. The van der Waals surface area contributed by atoms with E-state index in [-0.39, 0.29) is 113 Å². The van der Waals surface area contributed by atoms with Crippen LogP contribution in [0.2, 0.25) is 0 Å². The molecule has 1 fully saturated rings. The Hall–Kier alpha value is -6.57. The van der Waals surface area contributed by atoms with Crippen LogP contribution in [0.3, 0.4) is 0 Å². The van der Waals surface area contributed by atoms with Gasteiger partial charge >= 0.3 is 23.9 Å². The Kier molecular flexibility index (Phi) is 30.6. The Morgan fingerprint density at radius 1 is 0.638 bits per heavy atom. The third-order valence-electron chi connectivity index (χ3n) is 14.3. The molecular weight excluding hydrogens is 1260 g/mol. The number of anilines is 1. The molecule has 0 spiro atoms. The van der Waals surface area contributed by atoms with Crippen LogP contribution >= 0.6 is 0 Å². The lowest BCUT2D eigenvalue weighted by molar-refractivity contribution is -0.163. The van der Waals surface area contributed by atoms with E-state index >= 15 is 0 Å². The number of nitrogens with one attached hydrogen (secondary N) is 6. The minimum absolute atomic E-state index is 0.0344. The minimum Gasteiger partial charge on any atom is -0.494 e. The van der Waals surface area contributed by atoms with E-state index in [2.05, 4.69) is 37.4 Å². The average Bonchev–Trinajstić information content (AvgIpc) is 0.840. The van der Waals surface area contributed by atoms with E-state index in [0.717, 1.165) is 30.9 Å². The highest BCUT2D eigenvalue weighted by Gasteiger charge is 2.36. The fourth-order valence-corrected chi connectivity index (χ4v) is 12.6. The number of aryl methyl sites for hydroxylation is 4. The number of fused-ring (bicyclic) bond motifs is 1. The SMILES string of the molecule is Cc1cc(OCCCC(=O)NCCNC(=O)C(CS(=O)(=O)O)NC(=O)CCC(C(=O)OC(C)(C)C)N2CCN(CC(=O)OC(C)(C)C)CCN(CC(=O)OC(C)(C)C)CC2)cc(C)c1S(=O)(=O)N[C@H](CNC(=O)CCCCc1ccc2c(n1)NCCC2)C(=O)OC(C)(C)C. The molecule has 2 aliphatic rings. The molecule has 0 aliphatic carbocycles. The Balaban J connectivity index is 1.30. The summed E-state index contributed by atoms with van der Waals surface area (Å²) in [5.41, 5.74) is -0.732. The molecule has 4 rings (SSSR count). The summed E-state index contributed by atoms with van der Waals surface area (Å²) in [4.78, 5) is 116. The topological polar surface area (TPSA) is 366 Å². The predicted molar refractivity (Wildman–Crippen MR) is 352 cm³/mol. The number of esters is 4. The Bertz CT molecular complexity index is 3090. The number of unbranched alkanes of at least 4 members (excludes halogenated alkanes) is 1. The van der Waals surface area contributed by atoms with E-state index in [4.69, 9.17) is 28.7 Å². The van der Waals surface area contributed by atoms with Crippen molar-refractivity contribution in [3.8, 4) is 5.75 Å². The van der Waals surface area contributed by atoms with Crippen molar-refractivity contribution in [2.75, 3.05) is 96.2 Å². The van der Waals surface area contributed by atoms with Gasteiger partial charge in [0.2, 0.25) is 33.7 Å². The predicted octanol–water partition coefficient (Wildman–Crippen LogP) is 3.43. The lowest BCUT2D eigenvalue weighted by atomic mass is 10.1. The molecule has 1 aromatic heterocycles. The molecule has 0 radical (unpaired) electrons. The number of amides is 4. The number of hydrogen-bond acceptors (Lipinski definition) is 22. The maximum absolute atomic E-state index is 14.0. The van der Waals surface area contributed by atoms with E-state index in [1.807, 2.05) is 15.9 Å². The van der Waals surface area contributed by atoms with Gasteiger partial charge in [-0.15, -0.1) is 0 Å². The van der Waals surface area contributed by atoms with Crippen LogP contribution in [0, 0.1) is 13.8 Å². The molecule has 30 heteroatoms. The maximum atomic E-state index is 14.0. The average molecular weight is 1370 g/mol. The number of aromatic nitrogens is 1. The molecule has 0 bridgehead atoms. The van der Waals surface area contributed by atoms with Gasteiger partial charge in [0.1, 0.15) is 57.8 Å². The molecule has 1 saturated heterocycles. The molecule has 1 aromatic carbocycles. The highest BCUT2D eigenvalue weighted by atomic mass is 32.2. The zero-order chi connectivity index (χ0) is 70.4. The molecule has 3 atom stereocenters. The molecule has 530 valence electrons. The Morgan fingerprint density at radius 2 is 1.17 bits per heavy atom. The fourth-order valence-electron chi connectivity index (χ4n) is 10.3. The summed E-state index contributed by atoms with van der Waals surface area (Å²) in [7, 11) is -9.24. The van der Waals surface area contributed by atoms with Crippen molar-refractivity contribution < 1.29 is 83.4 Å². The molecule has 28 nitrogen and oxygen atoms in total. The van der Waals surface area contributed by atoms with E-state index in [1.54, 1.807) is 102 Å². The van der Waals surface area contributed by atoms with Crippen molar-refractivity contribution >= 4 is 73.5 Å². The number of carbonyl (C=O) groups is 8. The number of rotatable bonds is 32. The van der Waals surface area contributed by atoms with Gasteiger partial charge in [-0.2, -0.15) is 13.1 Å². The van der Waals surface area contributed by atoms with Gasteiger partial charge in [-0.3, -0.25) is 57.6 Å². The number of carbonyl (C=O) groups excluding carboxylic acids is 8. The first-order chi connectivity index (χ1) is 43.5. The lowest BCUT2D eigenvalue weighted by Gasteiger charge is -2.34. The van der Waals surface area contributed by atoms with Gasteiger partial charge in [0, 0.05) is 90.4 Å². The van der Waals surface area contributed by atoms with Crippen LogP contribution in [0.1, 0.15) is 157 Å². The monoisotopic (exact) mass is 1360 g/mol. The van der Waals surface area contributed by atoms with Crippen molar-refractivity contribution in [3.05, 3.63) is 46.6 Å². The number of hydrogen-bond donors (Lipinski definition) is 7. The highest BCUT2D eigenvalue weighted by Crippen LogP contribution is 2.27. The van der Waals surface area contributed by atoms with E-state index in [0.29, 0.717) is 38.1 Å². The van der Waals surface area contributed by atoms with Crippen molar-refractivity contribution in [1.29, 1.82) is 0 Å².